The second kappa shape index (κ2) is 5.29. The van der Waals surface area contributed by atoms with Crippen LogP contribution in [0.1, 0.15) is 50.8 Å². The van der Waals surface area contributed by atoms with Gasteiger partial charge in [-0.2, -0.15) is 0 Å². The van der Waals surface area contributed by atoms with Gasteiger partial charge >= 0.3 is 0 Å². The molecule has 2 aliphatic carbocycles. The number of carbonyl (C=O) groups is 1. The summed E-state index contributed by atoms with van der Waals surface area (Å²) in [6.45, 7) is 6.42. The van der Waals surface area contributed by atoms with E-state index in [1.807, 2.05) is 19.1 Å². The van der Waals surface area contributed by atoms with E-state index in [0.717, 1.165) is 24.3 Å². The third-order valence-electron chi connectivity index (χ3n) is 4.58. The summed E-state index contributed by atoms with van der Waals surface area (Å²) in [7, 11) is 0. The molecule has 0 aromatic heterocycles. The summed E-state index contributed by atoms with van der Waals surface area (Å²) in [6, 6.07) is 6.46. The Morgan fingerprint density at radius 3 is 2.76 bits per heavy atom. The second-order valence-electron chi connectivity index (χ2n) is 7.11. The molecule has 2 aliphatic rings. The van der Waals surface area contributed by atoms with E-state index in [0.29, 0.717) is 6.04 Å². The van der Waals surface area contributed by atoms with Gasteiger partial charge in [-0.3, -0.25) is 10.1 Å². The van der Waals surface area contributed by atoms with E-state index in [4.69, 9.17) is 11.6 Å². The van der Waals surface area contributed by atoms with Crippen molar-refractivity contribution in [1.82, 2.24) is 10.6 Å². The lowest BCUT2D eigenvalue weighted by molar-refractivity contribution is -0.123. The molecule has 0 aliphatic heterocycles. The van der Waals surface area contributed by atoms with E-state index in [1.165, 1.54) is 11.1 Å². The maximum atomic E-state index is 12.2. The maximum Gasteiger partial charge on any atom is 0.237 e. The molecule has 4 heteroatoms. The number of nitrogens with one attached hydrogen (secondary N) is 2. The highest BCUT2D eigenvalue weighted by atomic mass is 35.5. The van der Waals surface area contributed by atoms with Crippen LogP contribution >= 0.6 is 11.6 Å². The molecule has 2 unspecified atom stereocenters. The summed E-state index contributed by atoms with van der Waals surface area (Å²) in [5.74, 6) is 0.101. The summed E-state index contributed by atoms with van der Waals surface area (Å²) in [6.07, 6.45) is 3.24. The molecule has 3 nitrogen and oxygen atoms in total. The highest BCUT2D eigenvalue weighted by molar-refractivity contribution is 6.30. The van der Waals surface area contributed by atoms with Crippen LogP contribution in [0, 0.1) is 5.41 Å². The van der Waals surface area contributed by atoms with E-state index in [1.54, 1.807) is 0 Å². The SMILES string of the molecule is CC(NC1c2cc(Cl)ccc2CC1(C)C)C(=O)NC1CC1. The molecule has 114 valence electrons. The lowest BCUT2D eigenvalue weighted by Gasteiger charge is -2.31. The maximum absolute atomic E-state index is 12.2. The molecular formula is C17H23ClN2O. The van der Waals surface area contributed by atoms with Gasteiger partial charge in [0.15, 0.2) is 0 Å². The molecule has 1 amide bonds. The Morgan fingerprint density at radius 1 is 1.38 bits per heavy atom. The zero-order chi connectivity index (χ0) is 15.2. The van der Waals surface area contributed by atoms with Crippen LogP contribution in [0.5, 0.6) is 0 Å². The first-order valence-corrected chi connectivity index (χ1v) is 8.09. The van der Waals surface area contributed by atoms with Gasteiger partial charge in [0, 0.05) is 17.1 Å². The molecule has 0 bridgehead atoms. The molecule has 1 fully saturated rings. The monoisotopic (exact) mass is 306 g/mol. The number of halogens is 1. The van der Waals surface area contributed by atoms with Crippen molar-refractivity contribution in [1.29, 1.82) is 0 Å². The summed E-state index contributed by atoms with van der Waals surface area (Å²) >= 11 is 6.15. The number of rotatable bonds is 4. The quantitative estimate of drug-likeness (QED) is 0.897. The van der Waals surface area contributed by atoms with Crippen LogP contribution in [0.4, 0.5) is 0 Å². The van der Waals surface area contributed by atoms with Gasteiger partial charge in [-0.05, 0) is 54.9 Å². The standard InChI is InChI=1S/C17H23ClN2O/c1-10(16(21)20-13-6-7-13)19-15-14-8-12(18)5-4-11(14)9-17(15,2)3/h4-5,8,10,13,15,19H,6-7,9H2,1-3H3,(H,20,21). The van der Waals surface area contributed by atoms with Gasteiger partial charge in [-0.25, -0.2) is 0 Å². The topological polar surface area (TPSA) is 41.1 Å². The number of fused-ring (bicyclic) bond motifs is 1. The van der Waals surface area contributed by atoms with E-state index in [2.05, 4.69) is 30.5 Å². The van der Waals surface area contributed by atoms with Crippen molar-refractivity contribution < 1.29 is 4.79 Å². The van der Waals surface area contributed by atoms with Crippen molar-refractivity contribution in [3.8, 4) is 0 Å². The Bertz CT molecular complexity index is 566. The Hall–Kier alpha value is -1.06. The Balaban J connectivity index is 1.77. The minimum atomic E-state index is -0.195. The van der Waals surface area contributed by atoms with Gasteiger partial charge in [-0.1, -0.05) is 31.5 Å². The molecule has 0 spiro atoms. The van der Waals surface area contributed by atoms with Gasteiger partial charge in [0.05, 0.1) is 6.04 Å². The number of carbonyl (C=O) groups excluding carboxylic acids is 1. The smallest absolute Gasteiger partial charge is 0.237 e. The first-order chi connectivity index (χ1) is 9.87. The van der Waals surface area contributed by atoms with E-state index >= 15 is 0 Å². The van der Waals surface area contributed by atoms with Crippen LogP contribution in [0.25, 0.3) is 0 Å². The Labute approximate surface area is 131 Å². The number of hydrogen-bond acceptors (Lipinski definition) is 2. The molecule has 2 atom stereocenters. The molecule has 0 saturated heterocycles. The van der Waals surface area contributed by atoms with Crippen LogP contribution in [0.15, 0.2) is 18.2 Å². The van der Waals surface area contributed by atoms with Crippen molar-refractivity contribution in [2.75, 3.05) is 0 Å². The molecule has 1 saturated carbocycles. The Kier molecular flexibility index (Phi) is 3.74. The average molecular weight is 307 g/mol. The minimum absolute atomic E-state index is 0.0845. The predicted molar refractivity (Wildman–Crippen MR) is 85.4 cm³/mol. The molecule has 3 rings (SSSR count). The molecule has 1 aromatic carbocycles. The zero-order valence-corrected chi connectivity index (χ0v) is 13.6. The van der Waals surface area contributed by atoms with Gasteiger partial charge in [0.2, 0.25) is 5.91 Å². The van der Waals surface area contributed by atoms with Crippen LogP contribution < -0.4 is 10.6 Å². The van der Waals surface area contributed by atoms with Gasteiger partial charge in [0.1, 0.15) is 0 Å². The number of benzene rings is 1. The van der Waals surface area contributed by atoms with Crippen molar-refractivity contribution in [2.45, 2.75) is 58.2 Å². The highest BCUT2D eigenvalue weighted by Gasteiger charge is 2.40. The highest BCUT2D eigenvalue weighted by Crippen LogP contribution is 2.46. The first-order valence-electron chi connectivity index (χ1n) is 7.71. The number of hydrogen-bond donors (Lipinski definition) is 2. The van der Waals surface area contributed by atoms with E-state index in [9.17, 15) is 4.79 Å². The van der Waals surface area contributed by atoms with E-state index < -0.39 is 0 Å². The predicted octanol–water partition coefficient (Wildman–Crippen LogP) is 3.22. The zero-order valence-electron chi connectivity index (χ0n) is 12.9. The largest absolute Gasteiger partial charge is 0.352 e. The molecule has 2 N–H and O–H groups in total. The third kappa shape index (κ3) is 3.09. The molecule has 0 radical (unpaired) electrons. The van der Waals surface area contributed by atoms with Crippen molar-refractivity contribution in [3.63, 3.8) is 0 Å². The fraction of sp³-hybridized carbons (Fsp3) is 0.588. The van der Waals surface area contributed by atoms with Crippen LogP contribution in [0.2, 0.25) is 5.02 Å². The average Bonchev–Trinajstić information content (AvgIpc) is 3.17. The molecular weight excluding hydrogens is 284 g/mol. The minimum Gasteiger partial charge on any atom is -0.352 e. The first kappa shape index (κ1) is 14.9. The third-order valence-corrected chi connectivity index (χ3v) is 4.82. The normalized spacial score (nSPS) is 24.5. The van der Waals surface area contributed by atoms with Crippen molar-refractivity contribution >= 4 is 17.5 Å². The van der Waals surface area contributed by atoms with E-state index in [-0.39, 0.29) is 23.4 Å². The fourth-order valence-corrected chi connectivity index (χ4v) is 3.38. The summed E-state index contributed by atoms with van der Waals surface area (Å²) in [5, 5.41) is 7.34. The lowest BCUT2D eigenvalue weighted by Crippen LogP contribution is -2.46. The van der Waals surface area contributed by atoms with Crippen LogP contribution in [-0.2, 0) is 11.2 Å². The van der Waals surface area contributed by atoms with Crippen molar-refractivity contribution in [2.24, 2.45) is 5.41 Å². The van der Waals surface area contributed by atoms with Gasteiger partial charge in [-0.15, -0.1) is 0 Å². The fourth-order valence-electron chi connectivity index (χ4n) is 3.20. The summed E-state index contributed by atoms with van der Waals surface area (Å²) in [4.78, 5) is 12.2. The summed E-state index contributed by atoms with van der Waals surface area (Å²) < 4.78 is 0. The van der Waals surface area contributed by atoms with Gasteiger partial charge in [0.25, 0.3) is 0 Å². The molecule has 1 aromatic rings. The van der Waals surface area contributed by atoms with Crippen LogP contribution in [-0.4, -0.2) is 18.0 Å². The summed E-state index contributed by atoms with van der Waals surface area (Å²) in [5.41, 5.74) is 2.65. The van der Waals surface area contributed by atoms with Crippen molar-refractivity contribution in [3.05, 3.63) is 34.3 Å². The van der Waals surface area contributed by atoms with Gasteiger partial charge < -0.3 is 5.32 Å². The number of amides is 1. The molecule has 0 heterocycles. The molecule has 21 heavy (non-hydrogen) atoms. The second-order valence-corrected chi connectivity index (χ2v) is 7.55. The lowest BCUT2D eigenvalue weighted by atomic mass is 9.85. The Morgan fingerprint density at radius 2 is 2.10 bits per heavy atom. The van der Waals surface area contributed by atoms with Crippen LogP contribution in [0.3, 0.4) is 0 Å².